The summed E-state index contributed by atoms with van der Waals surface area (Å²) >= 11 is 0. The largest absolute Gasteiger partial charge is 0.465 e. The van der Waals surface area contributed by atoms with Gasteiger partial charge in [0.1, 0.15) is 0 Å². The van der Waals surface area contributed by atoms with E-state index in [1.165, 1.54) is 4.90 Å². The lowest BCUT2D eigenvalue weighted by Gasteiger charge is -2.31. The second-order valence-corrected chi connectivity index (χ2v) is 3.07. The van der Waals surface area contributed by atoms with E-state index >= 15 is 0 Å². The number of hydrogen-bond acceptors (Lipinski definition) is 2. The monoisotopic (exact) mass is 172 g/mol. The third kappa shape index (κ3) is 2.11. The highest BCUT2D eigenvalue weighted by Crippen LogP contribution is 2.09. The summed E-state index contributed by atoms with van der Waals surface area (Å²) in [5.41, 5.74) is 0. The topological polar surface area (TPSA) is 52.6 Å². The summed E-state index contributed by atoms with van der Waals surface area (Å²) in [6.45, 7) is 4.29. The van der Waals surface area contributed by atoms with Gasteiger partial charge < -0.3 is 15.3 Å². The van der Waals surface area contributed by atoms with Gasteiger partial charge in [-0.2, -0.15) is 0 Å². The van der Waals surface area contributed by atoms with Crippen LogP contribution in [0, 0.1) is 0 Å². The first-order chi connectivity index (χ1) is 5.75. The Hall–Kier alpha value is -0.770. The minimum absolute atomic E-state index is 0.182. The molecule has 12 heavy (non-hydrogen) atoms. The number of likely N-dealkylation sites (N-methyl/N-ethyl adjacent to an activating group) is 1. The molecule has 0 bridgehead atoms. The molecule has 0 aliphatic carbocycles. The molecule has 1 heterocycles. The summed E-state index contributed by atoms with van der Waals surface area (Å²) in [5, 5.41) is 12.0. The lowest BCUT2D eigenvalue weighted by Crippen LogP contribution is -2.48. The number of nitrogens with one attached hydrogen (secondary N) is 1. The van der Waals surface area contributed by atoms with Gasteiger partial charge in [-0.25, -0.2) is 4.79 Å². The van der Waals surface area contributed by atoms with Gasteiger partial charge in [-0.15, -0.1) is 0 Å². The molecule has 2 N–H and O–H groups in total. The standard InChI is InChI=1S/C8H16N2O2/c1-2-10(8(11)12)7-4-3-5-9-6-7/h7,9H,2-6H2,1H3,(H,11,12)/t7-/m1/s1. The Morgan fingerprint density at radius 1 is 1.75 bits per heavy atom. The quantitative estimate of drug-likeness (QED) is 0.646. The van der Waals surface area contributed by atoms with Crippen LogP contribution in [0.3, 0.4) is 0 Å². The minimum Gasteiger partial charge on any atom is -0.465 e. The Bertz CT molecular complexity index is 155. The summed E-state index contributed by atoms with van der Waals surface area (Å²) in [5.74, 6) is 0. The van der Waals surface area contributed by atoms with Crippen molar-refractivity contribution in [3.8, 4) is 0 Å². The van der Waals surface area contributed by atoms with E-state index in [4.69, 9.17) is 5.11 Å². The molecule has 1 aliphatic heterocycles. The molecule has 1 fully saturated rings. The lowest BCUT2D eigenvalue weighted by molar-refractivity contribution is 0.118. The van der Waals surface area contributed by atoms with Gasteiger partial charge in [0.25, 0.3) is 0 Å². The first-order valence-corrected chi connectivity index (χ1v) is 4.46. The first kappa shape index (κ1) is 9.32. The fourth-order valence-corrected chi connectivity index (χ4v) is 1.65. The van der Waals surface area contributed by atoms with Crippen LogP contribution in [-0.4, -0.2) is 41.8 Å². The summed E-state index contributed by atoms with van der Waals surface area (Å²) in [6, 6.07) is 0.182. The van der Waals surface area contributed by atoms with Crippen molar-refractivity contribution in [3.05, 3.63) is 0 Å². The molecule has 1 saturated heterocycles. The molecule has 4 heteroatoms. The number of nitrogens with zero attached hydrogens (tertiary/aromatic N) is 1. The van der Waals surface area contributed by atoms with E-state index in [9.17, 15) is 4.79 Å². The Kier molecular flexibility index (Phi) is 3.34. The zero-order chi connectivity index (χ0) is 8.97. The van der Waals surface area contributed by atoms with E-state index in [2.05, 4.69) is 5.32 Å². The van der Waals surface area contributed by atoms with Crippen LogP contribution in [0.15, 0.2) is 0 Å². The van der Waals surface area contributed by atoms with Crippen molar-refractivity contribution in [2.75, 3.05) is 19.6 Å². The predicted molar refractivity (Wildman–Crippen MR) is 46.3 cm³/mol. The Labute approximate surface area is 72.6 Å². The number of piperidine rings is 1. The van der Waals surface area contributed by atoms with Crippen molar-refractivity contribution < 1.29 is 9.90 Å². The highest BCUT2D eigenvalue weighted by molar-refractivity contribution is 5.65. The Morgan fingerprint density at radius 3 is 2.92 bits per heavy atom. The molecule has 1 aliphatic rings. The zero-order valence-corrected chi connectivity index (χ0v) is 7.42. The first-order valence-electron chi connectivity index (χ1n) is 4.46. The van der Waals surface area contributed by atoms with Gasteiger partial charge in [-0.1, -0.05) is 0 Å². The maximum Gasteiger partial charge on any atom is 0.407 e. The van der Waals surface area contributed by atoms with Gasteiger partial charge in [-0.05, 0) is 26.3 Å². The van der Waals surface area contributed by atoms with Gasteiger partial charge in [0, 0.05) is 19.1 Å². The van der Waals surface area contributed by atoms with Crippen molar-refractivity contribution in [1.29, 1.82) is 0 Å². The van der Waals surface area contributed by atoms with E-state index < -0.39 is 6.09 Å². The van der Waals surface area contributed by atoms with Crippen LogP contribution in [-0.2, 0) is 0 Å². The fourth-order valence-electron chi connectivity index (χ4n) is 1.65. The van der Waals surface area contributed by atoms with E-state index in [1.54, 1.807) is 0 Å². The molecule has 0 aromatic carbocycles. The van der Waals surface area contributed by atoms with E-state index in [-0.39, 0.29) is 6.04 Å². The molecule has 1 amide bonds. The second kappa shape index (κ2) is 4.30. The molecule has 0 saturated carbocycles. The smallest absolute Gasteiger partial charge is 0.407 e. The van der Waals surface area contributed by atoms with Gasteiger partial charge >= 0.3 is 6.09 Å². The average molecular weight is 172 g/mol. The van der Waals surface area contributed by atoms with Gasteiger partial charge in [0.2, 0.25) is 0 Å². The number of amides is 1. The van der Waals surface area contributed by atoms with Crippen molar-refractivity contribution in [2.24, 2.45) is 0 Å². The SMILES string of the molecule is CCN(C(=O)O)[C@@H]1CCCNC1. The van der Waals surface area contributed by atoms with Crippen LogP contribution in [0.4, 0.5) is 4.79 Å². The third-order valence-electron chi connectivity index (χ3n) is 2.30. The summed E-state index contributed by atoms with van der Waals surface area (Å²) in [7, 11) is 0. The molecule has 4 nitrogen and oxygen atoms in total. The van der Waals surface area contributed by atoms with Gasteiger partial charge in [-0.3, -0.25) is 0 Å². The Balaban J connectivity index is 2.46. The average Bonchev–Trinajstić information content (AvgIpc) is 2.07. The predicted octanol–water partition coefficient (Wildman–Crippen LogP) is 0.738. The maximum atomic E-state index is 10.7. The molecule has 70 valence electrons. The highest BCUT2D eigenvalue weighted by Gasteiger charge is 2.22. The second-order valence-electron chi connectivity index (χ2n) is 3.07. The summed E-state index contributed by atoms with van der Waals surface area (Å²) in [4.78, 5) is 12.2. The van der Waals surface area contributed by atoms with E-state index in [1.807, 2.05) is 6.92 Å². The van der Waals surface area contributed by atoms with Crippen LogP contribution in [0.5, 0.6) is 0 Å². The van der Waals surface area contributed by atoms with Crippen LogP contribution >= 0.6 is 0 Å². The number of hydrogen-bond donors (Lipinski definition) is 2. The molecular weight excluding hydrogens is 156 g/mol. The molecular formula is C8H16N2O2. The van der Waals surface area contributed by atoms with Crippen molar-refractivity contribution >= 4 is 6.09 Å². The number of rotatable bonds is 2. The van der Waals surface area contributed by atoms with Gasteiger partial charge in [0.05, 0.1) is 0 Å². The van der Waals surface area contributed by atoms with Crippen LogP contribution in [0.1, 0.15) is 19.8 Å². The minimum atomic E-state index is -0.800. The lowest BCUT2D eigenvalue weighted by atomic mass is 10.1. The molecule has 0 radical (unpaired) electrons. The van der Waals surface area contributed by atoms with Crippen molar-refractivity contribution in [3.63, 3.8) is 0 Å². The highest BCUT2D eigenvalue weighted by atomic mass is 16.4. The molecule has 0 spiro atoms. The molecule has 1 rings (SSSR count). The fraction of sp³-hybridized carbons (Fsp3) is 0.875. The van der Waals surface area contributed by atoms with E-state index in [0.29, 0.717) is 6.54 Å². The maximum absolute atomic E-state index is 10.7. The van der Waals surface area contributed by atoms with Crippen molar-refractivity contribution in [2.45, 2.75) is 25.8 Å². The molecule has 1 atom stereocenters. The van der Waals surface area contributed by atoms with Crippen molar-refractivity contribution in [1.82, 2.24) is 10.2 Å². The number of carboxylic acid groups (broad SMARTS) is 1. The molecule has 0 aromatic heterocycles. The third-order valence-corrected chi connectivity index (χ3v) is 2.30. The summed E-state index contributed by atoms with van der Waals surface area (Å²) in [6.07, 6.45) is 1.27. The molecule has 0 unspecified atom stereocenters. The van der Waals surface area contributed by atoms with E-state index in [0.717, 1.165) is 25.9 Å². The number of carbonyl (C=O) groups is 1. The summed E-state index contributed by atoms with van der Waals surface area (Å²) < 4.78 is 0. The van der Waals surface area contributed by atoms with Gasteiger partial charge in [0.15, 0.2) is 0 Å². The van der Waals surface area contributed by atoms with Crippen LogP contribution in [0.2, 0.25) is 0 Å². The normalized spacial score (nSPS) is 23.6. The molecule has 0 aromatic rings. The zero-order valence-electron chi connectivity index (χ0n) is 7.42. The van der Waals surface area contributed by atoms with Crippen LogP contribution < -0.4 is 5.32 Å². The van der Waals surface area contributed by atoms with Crippen LogP contribution in [0.25, 0.3) is 0 Å². The Morgan fingerprint density at radius 2 is 2.50 bits per heavy atom.